The molecule has 0 heterocycles. The summed E-state index contributed by atoms with van der Waals surface area (Å²) >= 11 is 0. The predicted molar refractivity (Wildman–Crippen MR) is 22.0 cm³/mol. The average Bonchev–Trinajstić information content (AvgIpc) is 1.35. The van der Waals surface area contributed by atoms with E-state index in [1.807, 2.05) is 0 Å². The molecule has 8 heavy (non-hydrogen) atoms. The Morgan fingerprint density at radius 3 is 2.00 bits per heavy atom. The molecule has 0 fully saturated rings. The van der Waals surface area contributed by atoms with Gasteiger partial charge in [-0.05, 0) is 6.92 Å². The average molecular weight is 218 g/mol. The summed E-state index contributed by atoms with van der Waals surface area (Å²) in [5.41, 5.74) is 0. The summed E-state index contributed by atoms with van der Waals surface area (Å²) in [7, 11) is 0. The molecule has 0 unspecified atom stereocenters. The Bertz CT molecular complexity index is 56.0. The summed E-state index contributed by atoms with van der Waals surface area (Å²) in [5.74, 6) is -0.461. The van der Waals surface area contributed by atoms with Crippen LogP contribution in [-0.4, -0.2) is 12.6 Å². The standard InChI is InChI=1S/C4H7O2.2Zn/c1-3-6-4(2)5;;/h2-3H2,1H3;;/q-1;;. The number of hydrogen-bond acceptors (Lipinski definition) is 2. The normalized spacial score (nSPS) is 5.62. The molecule has 0 aromatic carbocycles. The molecule has 0 spiro atoms. The van der Waals surface area contributed by atoms with Crippen LogP contribution in [0.25, 0.3) is 0 Å². The van der Waals surface area contributed by atoms with Crippen molar-refractivity contribution in [3.8, 4) is 0 Å². The zero-order chi connectivity index (χ0) is 4.99. The van der Waals surface area contributed by atoms with Crippen molar-refractivity contribution >= 4 is 5.97 Å². The van der Waals surface area contributed by atoms with Crippen LogP contribution in [-0.2, 0) is 48.5 Å². The summed E-state index contributed by atoms with van der Waals surface area (Å²) in [6.45, 7) is 5.13. The first-order valence-electron chi connectivity index (χ1n) is 1.76. The molecule has 0 aliphatic carbocycles. The van der Waals surface area contributed by atoms with Crippen LogP contribution in [0, 0.1) is 6.92 Å². The first kappa shape index (κ1) is 15.8. The Morgan fingerprint density at radius 1 is 1.62 bits per heavy atom. The molecule has 4 heteroatoms. The molecular weight excluding hydrogens is 211 g/mol. The van der Waals surface area contributed by atoms with Crippen LogP contribution in [0.5, 0.6) is 0 Å². The van der Waals surface area contributed by atoms with Crippen LogP contribution in [0.2, 0.25) is 0 Å². The van der Waals surface area contributed by atoms with Gasteiger partial charge in [0.15, 0.2) is 5.97 Å². The molecule has 0 N–H and O–H groups in total. The largest absolute Gasteiger partial charge is 0.489 e. The minimum Gasteiger partial charge on any atom is -0.489 e. The van der Waals surface area contributed by atoms with Gasteiger partial charge in [-0.25, -0.2) is 0 Å². The van der Waals surface area contributed by atoms with E-state index in [9.17, 15) is 4.79 Å². The van der Waals surface area contributed by atoms with Crippen molar-refractivity contribution in [2.75, 3.05) is 6.61 Å². The maximum absolute atomic E-state index is 9.71. The van der Waals surface area contributed by atoms with Crippen LogP contribution in [0.1, 0.15) is 6.92 Å². The summed E-state index contributed by atoms with van der Waals surface area (Å²) in [4.78, 5) is 9.71. The molecule has 40 valence electrons. The zero-order valence-corrected chi connectivity index (χ0v) is 11.1. The van der Waals surface area contributed by atoms with Crippen LogP contribution < -0.4 is 0 Å². The third-order valence-electron chi connectivity index (χ3n) is 0.305. The van der Waals surface area contributed by atoms with E-state index in [2.05, 4.69) is 11.7 Å². The molecule has 0 aromatic rings. The fourth-order valence-corrected chi connectivity index (χ4v) is 0.161. The Hall–Kier alpha value is 0.587. The summed E-state index contributed by atoms with van der Waals surface area (Å²) < 4.78 is 4.29. The Labute approximate surface area is 74.9 Å². The fraction of sp³-hybridized carbons (Fsp3) is 0.500. The van der Waals surface area contributed by atoms with Gasteiger partial charge in [-0.15, -0.1) is 0 Å². The van der Waals surface area contributed by atoms with E-state index in [0.29, 0.717) is 6.61 Å². The van der Waals surface area contributed by atoms with Crippen LogP contribution in [0.3, 0.4) is 0 Å². The molecular formula is C4H7O2Zn2-. The molecule has 2 nitrogen and oxygen atoms in total. The maximum atomic E-state index is 9.71. The van der Waals surface area contributed by atoms with Crippen molar-refractivity contribution in [1.82, 2.24) is 0 Å². The Kier molecular flexibility index (Phi) is 20.9. The van der Waals surface area contributed by atoms with Gasteiger partial charge in [-0.2, -0.15) is 0 Å². The fourth-order valence-electron chi connectivity index (χ4n) is 0.161. The van der Waals surface area contributed by atoms with Crippen molar-refractivity contribution in [2.24, 2.45) is 0 Å². The van der Waals surface area contributed by atoms with Crippen molar-refractivity contribution in [3.05, 3.63) is 6.92 Å². The van der Waals surface area contributed by atoms with Crippen LogP contribution in [0.15, 0.2) is 0 Å². The van der Waals surface area contributed by atoms with E-state index in [-0.39, 0.29) is 39.0 Å². The van der Waals surface area contributed by atoms with Crippen molar-refractivity contribution in [3.63, 3.8) is 0 Å². The monoisotopic (exact) mass is 215 g/mol. The first-order valence-corrected chi connectivity index (χ1v) is 1.76. The van der Waals surface area contributed by atoms with Crippen LogP contribution >= 0.6 is 0 Å². The second-order valence-corrected chi connectivity index (χ2v) is 0.805. The number of carbonyl (C=O) groups is 1. The van der Waals surface area contributed by atoms with Gasteiger partial charge in [0.2, 0.25) is 0 Å². The van der Waals surface area contributed by atoms with Gasteiger partial charge >= 0.3 is 0 Å². The third kappa shape index (κ3) is 16.0. The molecule has 0 saturated carbocycles. The van der Waals surface area contributed by atoms with Gasteiger partial charge in [0, 0.05) is 39.0 Å². The minimum absolute atomic E-state index is 0. The molecule has 0 atom stereocenters. The van der Waals surface area contributed by atoms with E-state index in [1.165, 1.54) is 0 Å². The SMILES string of the molecule is [CH2-]C(=O)OCC.[Zn].[Zn]. The number of esters is 1. The van der Waals surface area contributed by atoms with Gasteiger partial charge in [-0.1, -0.05) is 0 Å². The van der Waals surface area contributed by atoms with E-state index >= 15 is 0 Å². The summed E-state index contributed by atoms with van der Waals surface area (Å²) in [6, 6.07) is 0. The van der Waals surface area contributed by atoms with E-state index < -0.39 is 5.97 Å². The zero-order valence-electron chi connectivity index (χ0n) is 5.14. The van der Waals surface area contributed by atoms with Crippen LogP contribution in [0.4, 0.5) is 0 Å². The molecule has 0 aliphatic rings. The quantitative estimate of drug-likeness (QED) is 0.361. The van der Waals surface area contributed by atoms with Crippen molar-refractivity contribution in [1.29, 1.82) is 0 Å². The number of hydrogen-bond donors (Lipinski definition) is 0. The Morgan fingerprint density at radius 2 is 2.00 bits per heavy atom. The summed E-state index contributed by atoms with van der Waals surface area (Å²) in [5, 5.41) is 0. The predicted octanol–water partition coefficient (Wildman–Crippen LogP) is 0.379. The second-order valence-electron chi connectivity index (χ2n) is 0.805. The molecule has 0 amide bonds. The third-order valence-corrected chi connectivity index (χ3v) is 0.305. The molecule has 0 bridgehead atoms. The second kappa shape index (κ2) is 10.5. The number of rotatable bonds is 1. The van der Waals surface area contributed by atoms with E-state index in [1.54, 1.807) is 6.92 Å². The van der Waals surface area contributed by atoms with Gasteiger partial charge < -0.3 is 4.74 Å². The smallest absolute Gasteiger partial charge is 0.164 e. The van der Waals surface area contributed by atoms with Gasteiger partial charge in [-0.3, -0.25) is 11.7 Å². The Balaban J connectivity index is -0.000000125. The minimum atomic E-state index is -0.461. The van der Waals surface area contributed by atoms with Gasteiger partial charge in [0.25, 0.3) is 0 Å². The molecule has 0 saturated heterocycles. The van der Waals surface area contributed by atoms with Gasteiger partial charge in [0.05, 0.1) is 6.61 Å². The van der Waals surface area contributed by atoms with Gasteiger partial charge in [0.1, 0.15) is 0 Å². The van der Waals surface area contributed by atoms with Crippen molar-refractivity contribution < 1.29 is 48.5 Å². The number of ether oxygens (including phenoxy) is 1. The first-order chi connectivity index (χ1) is 2.77. The van der Waals surface area contributed by atoms with E-state index in [4.69, 9.17) is 0 Å². The topological polar surface area (TPSA) is 26.3 Å². The molecule has 0 aromatic heterocycles. The van der Waals surface area contributed by atoms with Crippen molar-refractivity contribution in [2.45, 2.75) is 6.92 Å². The number of carbonyl (C=O) groups excluding carboxylic acids is 1. The molecule has 0 rings (SSSR count). The maximum Gasteiger partial charge on any atom is 0.164 e. The summed E-state index contributed by atoms with van der Waals surface area (Å²) in [6.07, 6.45) is 0. The van der Waals surface area contributed by atoms with E-state index in [0.717, 1.165) is 0 Å². The molecule has 0 radical (unpaired) electrons. The molecule has 0 aliphatic heterocycles.